The quantitative estimate of drug-likeness (QED) is 0.0125. The molecule has 13 atom stereocenters. The SMILES string of the molecule is CCOc1c(NCCOCCOCCOCCC(=O)NCC(=O)N[C@H](C(=O)N[C@H](C(=O)N[C@@H](CO)C(=O)N[C@@H](C)C(=O)N2CCC[C@H]2C(=O)N[C@@H](CC(=O)O)C(=O)N[C@H](C(=O)N[C@@H](CCCN=C(N)N)C(=O)N2CCC[C@H]2C(=O)N[C@@H](C)C(=O)N2CCC[C@H]2C(=O)O)[C@@H](C)O)[C@@H](C)O)C(C)C)c(=O)c1=O. The van der Waals surface area contributed by atoms with Gasteiger partial charge in [0.15, 0.2) is 11.7 Å². The number of hydrogen-bond acceptors (Lipinski definition) is 25. The van der Waals surface area contributed by atoms with Crippen molar-refractivity contribution in [3.05, 3.63) is 20.4 Å². The van der Waals surface area contributed by atoms with Gasteiger partial charge < -0.3 is 124 Å². The van der Waals surface area contributed by atoms with E-state index in [0.717, 1.165) is 23.6 Å². The Morgan fingerprint density at radius 2 is 1.04 bits per heavy atom. The molecule has 0 aliphatic carbocycles. The summed E-state index contributed by atoms with van der Waals surface area (Å²) >= 11 is 0. The van der Waals surface area contributed by atoms with Crippen molar-refractivity contribution in [2.24, 2.45) is 22.4 Å². The number of aliphatic hydroxyl groups is 3. The van der Waals surface area contributed by atoms with Gasteiger partial charge in [-0.25, -0.2) is 4.79 Å². The molecule has 1 aromatic rings. The van der Waals surface area contributed by atoms with Gasteiger partial charge in [-0.05, 0) is 91.9 Å². The van der Waals surface area contributed by atoms with Crippen LogP contribution < -0.4 is 80.2 Å². The van der Waals surface area contributed by atoms with Gasteiger partial charge in [0.2, 0.25) is 70.9 Å². The average Bonchev–Trinajstić information content (AvgIpc) is 1.52. The van der Waals surface area contributed by atoms with E-state index in [1.807, 2.05) is 0 Å². The second-order valence-corrected chi connectivity index (χ2v) is 25.6. The van der Waals surface area contributed by atoms with Crippen LogP contribution in [0.5, 0.6) is 5.75 Å². The van der Waals surface area contributed by atoms with Crippen LogP contribution in [0.1, 0.15) is 113 Å². The van der Waals surface area contributed by atoms with Crippen molar-refractivity contribution < 1.29 is 112 Å². The van der Waals surface area contributed by atoms with Crippen molar-refractivity contribution in [1.82, 2.24) is 62.6 Å². The normalized spacial score (nSPS) is 18.5. The number of nitrogens with one attached hydrogen (secondary N) is 10. The predicted molar refractivity (Wildman–Crippen MR) is 367 cm³/mol. The number of rotatable bonds is 46. The van der Waals surface area contributed by atoms with E-state index in [4.69, 9.17) is 30.4 Å². The summed E-state index contributed by atoms with van der Waals surface area (Å²) in [5.74, 6) is -15.1. The van der Waals surface area contributed by atoms with E-state index in [2.05, 4.69) is 58.2 Å². The van der Waals surface area contributed by atoms with E-state index < -0.39 is 198 Å². The average molecular weight is 1500 g/mol. The van der Waals surface area contributed by atoms with Crippen LogP contribution in [0, 0.1) is 5.92 Å². The number of aliphatic imine (C=N–C) groups is 1. The van der Waals surface area contributed by atoms with E-state index in [1.54, 1.807) is 20.8 Å². The number of amides is 12. The van der Waals surface area contributed by atoms with Gasteiger partial charge in [-0.3, -0.25) is 76.9 Å². The number of anilines is 1. The summed E-state index contributed by atoms with van der Waals surface area (Å²) in [6, 6.07) is -16.7. The lowest BCUT2D eigenvalue weighted by atomic mass is 10.0. The molecule has 0 spiro atoms. The smallest absolute Gasteiger partial charge is 0.326 e. The molecular formula is C64H102N16O25. The Balaban J connectivity index is 1.28. The molecule has 3 aliphatic heterocycles. The molecule has 12 amide bonds. The molecule has 19 N–H and O–H groups in total. The van der Waals surface area contributed by atoms with Crippen molar-refractivity contribution in [1.29, 1.82) is 0 Å². The first-order valence-electron chi connectivity index (χ1n) is 34.7. The molecular weight excluding hydrogens is 1390 g/mol. The minimum absolute atomic E-state index is 0.00627. The Hall–Kier alpha value is -9.71. The highest BCUT2D eigenvalue weighted by molar-refractivity contribution is 6.00. The van der Waals surface area contributed by atoms with E-state index in [9.17, 15) is 102 Å². The number of carboxylic acid groups (broad SMARTS) is 2. The fourth-order valence-electron chi connectivity index (χ4n) is 11.6. The van der Waals surface area contributed by atoms with Crippen molar-refractivity contribution in [2.75, 3.05) is 97.4 Å². The van der Waals surface area contributed by atoms with Gasteiger partial charge in [-0.2, -0.15) is 0 Å². The van der Waals surface area contributed by atoms with Gasteiger partial charge >= 0.3 is 11.9 Å². The molecule has 3 heterocycles. The molecule has 1 aromatic carbocycles. The van der Waals surface area contributed by atoms with Crippen LogP contribution in [0.25, 0.3) is 0 Å². The van der Waals surface area contributed by atoms with E-state index in [1.165, 1.54) is 18.7 Å². The summed E-state index contributed by atoms with van der Waals surface area (Å²) in [6.45, 7) is 9.34. The number of carbonyl (C=O) groups is 14. The Labute approximate surface area is 604 Å². The van der Waals surface area contributed by atoms with Crippen molar-refractivity contribution >= 4 is 94.5 Å². The van der Waals surface area contributed by atoms with Crippen molar-refractivity contribution in [2.45, 2.75) is 191 Å². The Bertz CT molecular complexity index is 3310. The molecule has 105 heavy (non-hydrogen) atoms. The van der Waals surface area contributed by atoms with Gasteiger partial charge in [0, 0.05) is 39.1 Å². The highest BCUT2D eigenvalue weighted by Crippen LogP contribution is 2.24. The second kappa shape index (κ2) is 43.5. The summed E-state index contributed by atoms with van der Waals surface area (Å²) in [6.07, 6.45) is -3.56. The van der Waals surface area contributed by atoms with Crippen molar-refractivity contribution in [3.8, 4) is 5.75 Å². The third-order valence-electron chi connectivity index (χ3n) is 17.1. The molecule has 0 aromatic heterocycles. The van der Waals surface area contributed by atoms with Crippen LogP contribution in [-0.2, 0) is 81.3 Å². The molecule has 588 valence electrons. The fraction of sp³-hybridized carbons (Fsp3) is 0.703. The first kappa shape index (κ1) is 87.7. The number of carboxylic acids is 2. The van der Waals surface area contributed by atoms with Crippen LogP contribution >= 0.6 is 0 Å². The van der Waals surface area contributed by atoms with Crippen LogP contribution in [0.3, 0.4) is 0 Å². The number of nitrogens with two attached hydrogens (primary N) is 2. The number of ether oxygens (including phenoxy) is 4. The molecule has 41 nitrogen and oxygen atoms in total. The van der Waals surface area contributed by atoms with Gasteiger partial charge in [-0.15, -0.1) is 0 Å². The zero-order valence-electron chi connectivity index (χ0n) is 59.9. The van der Waals surface area contributed by atoms with Gasteiger partial charge in [0.05, 0.1) is 78.0 Å². The number of guanidine groups is 1. The second-order valence-electron chi connectivity index (χ2n) is 25.6. The highest BCUT2D eigenvalue weighted by Gasteiger charge is 2.44. The van der Waals surface area contributed by atoms with E-state index >= 15 is 0 Å². The zero-order chi connectivity index (χ0) is 78.4. The Kier molecular flexibility index (Phi) is 36.4. The fourth-order valence-corrected chi connectivity index (χ4v) is 11.6. The molecule has 0 bridgehead atoms. The minimum Gasteiger partial charge on any atom is -0.488 e. The number of hydrogen-bond donors (Lipinski definition) is 17. The van der Waals surface area contributed by atoms with Crippen LogP contribution in [0.2, 0.25) is 0 Å². The Morgan fingerprint density at radius 1 is 0.552 bits per heavy atom. The first-order valence-corrected chi connectivity index (χ1v) is 34.7. The maximum Gasteiger partial charge on any atom is 0.326 e. The molecule has 4 rings (SSSR count). The standard InChI is InChI=1S/C64H102N16O25/c1-8-105-52-49(50(88)51(52)89)67-19-24-103-26-28-104-27-25-102-23-17-43(84)69-30-44(85)75-46(32(2)3)57(94)77-48(36(7)83)59(96)74-39(31-81)54(91)70-33(4)60(97)78-20-10-15-41(78)56(93)73-38(29-45(86)87)53(90)76-47(35(6)82)58(95)72-37(13-9-18-68-64(65)66)62(99)79-21-11-14-40(79)55(92)71-34(5)61(98)80-22-12-16-42(80)63(100)101/h32-42,46-48,67,81-83H,8-31H2,1-7H3,(H,69,84)(H,70,91)(H,71,92)(H,72,95)(H,73,93)(H,74,96)(H,75,85)(H,76,90)(H,77,94)(H,86,87)(H,100,101)(H4,65,66,68)/t33-,34-,35+,36+,37-,38-,39-,40-,41-,42-,46-,47-,48-/m0/s1. The van der Waals surface area contributed by atoms with Gasteiger partial charge in [0.1, 0.15) is 72.1 Å². The molecule has 3 saturated heterocycles. The summed E-state index contributed by atoms with van der Waals surface area (Å²) in [5.41, 5.74) is 9.75. The van der Waals surface area contributed by atoms with Crippen molar-refractivity contribution in [3.63, 3.8) is 0 Å². The molecule has 3 aliphatic rings. The maximum atomic E-state index is 14.4. The van der Waals surface area contributed by atoms with E-state index in [-0.39, 0.29) is 141 Å². The third-order valence-corrected chi connectivity index (χ3v) is 17.1. The third kappa shape index (κ3) is 27.1. The van der Waals surface area contributed by atoms with Crippen LogP contribution in [0.15, 0.2) is 14.6 Å². The van der Waals surface area contributed by atoms with E-state index in [0.29, 0.717) is 12.8 Å². The largest absolute Gasteiger partial charge is 0.488 e. The number of aliphatic carboxylic acids is 2. The monoisotopic (exact) mass is 1490 g/mol. The number of aliphatic hydroxyl groups excluding tert-OH is 3. The number of likely N-dealkylation sites (tertiary alicyclic amines) is 3. The maximum absolute atomic E-state index is 14.4. The molecule has 0 unspecified atom stereocenters. The molecule has 3 fully saturated rings. The van der Waals surface area contributed by atoms with Gasteiger partial charge in [-0.1, -0.05) is 13.8 Å². The topological polar surface area (TPSA) is 606 Å². The summed E-state index contributed by atoms with van der Waals surface area (Å²) in [4.78, 5) is 218. The predicted octanol–water partition coefficient (Wildman–Crippen LogP) is -8.44. The summed E-state index contributed by atoms with van der Waals surface area (Å²) in [5, 5.41) is 75.3. The lowest BCUT2D eigenvalue weighted by Gasteiger charge is -2.32. The van der Waals surface area contributed by atoms with Crippen LogP contribution in [0.4, 0.5) is 5.69 Å². The first-order chi connectivity index (χ1) is 49.6. The minimum atomic E-state index is -1.98. The number of carbonyl (C=O) groups excluding carboxylic acids is 12. The summed E-state index contributed by atoms with van der Waals surface area (Å²) in [7, 11) is 0. The van der Waals surface area contributed by atoms with Gasteiger partial charge in [0.25, 0.3) is 10.9 Å². The summed E-state index contributed by atoms with van der Waals surface area (Å²) < 4.78 is 21.4. The lowest BCUT2D eigenvalue weighted by molar-refractivity contribution is -0.149. The Morgan fingerprint density at radius 3 is 1.56 bits per heavy atom. The molecule has 0 saturated carbocycles. The van der Waals surface area contributed by atoms with Crippen LogP contribution in [-0.4, -0.2) is 300 Å². The zero-order valence-corrected chi connectivity index (χ0v) is 59.9. The highest BCUT2D eigenvalue weighted by atomic mass is 16.5. The molecule has 0 radical (unpaired) electrons. The lowest BCUT2D eigenvalue weighted by Crippen LogP contribution is -2.62. The number of nitrogens with zero attached hydrogens (tertiary/aromatic N) is 4. The molecule has 41 heteroatoms.